The summed E-state index contributed by atoms with van der Waals surface area (Å²) in [7, 11) is -3.89. The Morgan fingerprint density at radius 3 is 2.32 bits per heavy atom. The van der Waals surface area contributed by atoms with E-state index in [0.717, 1.165) is 0 Å². The molecule has 1 amide bonds. The Kier molecular flexibility index (Phi) is 6.41. The quantitative estimate of drug-likeness (QED) is 0.375. The SMILES string of the molecule is Cc1nn(-c2ccc(F)cc2)c(C)c1C(=O)Nc1cccc(S(=O)(=O)Nc2ccc(Cl)cc2)c1. The number of benzene rings is 3. The topological polar surface area (TPSA) is 93.1 Å². The number of amides is 1. The molecule has 0 saturated heterocycles. The number of nitrogens with zero attached hydrogens (tertiary/aromatic N) is 2. The summed E-state index contributed by atoms with van der Waals surface area (Å²) in [6.07, 6.45) is 0. The van der Waals surface area contributed by atoms with Gasteiger partial charge in [0, 0.05) is 16.4 Å². The van der Waals surface area contributed by atoms with Crippen LogP contribution in [0.3, 0.4) is 0 Å². The van der Waals surface area contributed by atoms with Gasteiger partial charge in [0.15, 0.2) is 0 Å². The van der Waals surface area contributed by atoms with Gasteiger partial charge in [-0.3, -0.25) is 9.52 Å². The highest BCUT2D eigenvalue weighted by Crippen LogP contribution is 2.23. The van der Waals surface area contributed by atoms with E-state index in [1.807, 2.05) is 0 Å². The summed E-state index contributed by atoms with van der Waals surface area (Å²) in [5.41, 5.74) is 2.66. The van der Waals surface area contributed by atoms with Crippen molar-refractivity contribution < 1.29 is 17.6 Å². The van der Waals surface area contributed by atoms with Crippen LogP contribution in [0.4, 0.5) is 15.8 Å². The Labute approximate surface area is 201 Å². The molecular formula is C24H20ClFN4O3S. The van der Waals surface area contributed by atoms with Crippen LogP contribution in [0.25, 0.3) is 5.69 Å². The van der Waals surface area contributed by atoms with E-state index in [2.05, 4.69) is 15.1 Å². The van der Waals surface area contributed by atoms with Gasteiger partial charge in [-0.1, -0.05) is 17.7 Å². The van der Waals surface area contributed by atoms with Crippen molar-refractivity contribution in [1.29, 1.82) is 0 Å². The fraction of sp³-hybridized carbons (Fsp3) is 0.0833. The number of hydrogen-bond acceptors (Lipinski definition) is 4. The van der Waals surface area contributed by atoms with E-state index in [0.29, 0.717) is 39.0 Å². The average molecular weight is 499 g/mol. The van der Waals surface area contributed by atoms with Crippen molar-refractivity contribution in [3.05, 3.63) is 101 Å². The lowest BCUT2D eigenvalue weighted by Crippen LogP contribution is -2.16. The molecule has 1 heterocycles. The monoisotopic (exact) mass is 498 g/mol. The van der Waals surface area contributed by atoms with Crippen LogP contribution in [0.2, 0.25) is 5.02 Å². The summed E-state index contributed by atoms with van der Waals surface area (Å²) >= 11 is 5.85. The van der Waals surface area contributed by atoms with E-state index >= 15 is 0 Å². The molecule has 0 fully saturated rings. The highest BCUT2D eigenvalue weighted by molar-refractivity contribution is 7.92. The number of hydrogen-bond donors (Lipinski definition) is 2. The maximum absolute atomic E-state index is 13.3. The normalized spacial score (nSPS) is 11.3. The number of carbonyl (C=O) groups is 1. The standard InChI is InChI=1S/C24H20ClFN4O3S/c1-15-23(16(2)30(28-15)21-12-8-18(26)9-13-21)24(31)27-20-4-3-5-22(14-20)34(32,33)29-19-10-6-17(25)7-11-19/h3-14,29H,1-2H3,(H,27,31). The first kappa shape index (κ1) is 23.5. The van der Waals surface area contributed by atoms with E-state index in [-0.39, 0.29) is 10.7 Å². The van der Waals surface area contributed by atoms with Crippen molar-refractivity contribution in [3.63, 3.8) is 0 Å². The smallest absolute Gasteiger partial charge is 0.261 e. The molecule has 10 heteroatoms. The van der Waals surface area contributed by atoms with E-state index in [1.54, 1.807) is 61.0 Å². The van der Waals surface area contributed by atoms with Crippen LogP contribution in [-0.4, -0.2) is 24.1 Å². The highest BCUT2D eigenvalue weighted by atomic mass is 35.5. The largest absolute Gasteiger partial charge is 0.322 e. The molecule has 174 valence electrons. The first-order valence-corrected chi connectivity index (χ1v) is 12.0. The number of rotatable bonds is 6. The zero-order valence-electron chi connectivity index (χ0n) is 18.2. The van der Waals surface area contributed by atoms with Crippen molar-refractivity contribution in [3.8, 4) is 5.69 Å². The van der Waals surface area contributed by atoms with Crippen molar-refractivity contribution in [1.82, 2.24) is 9.78 Å². The summed E-state index contributed by atoms with van der Waals surface area (Å²) in [6, 6.07) is 17.9. The molecule has 4 rings (SSSR count). The molecule has 0 aliphatic heterocycles. The molecule has 3 aromatic carbocycles. The molecule has 7 nitrogen and oxygen atoms in total. The van der Waals surface area contributed by atoms with E-state index in [1.165, 1.54) is 30.3 Å². The molecule has 0 unspecified atom stereocenters. The molecular weight excluding hydrogens is 479 g/mol. The molecule has 34 heavy (non-hydrogen) atoms. The third kappa shape index (κ3) is 4.95. The number of aromatic nitrogens is 2. The highest BCUT2D eigenvalue weighted by Gasteiger charge is 2.21. The zero-order valence-corrected chi connectivity index (χ0v) is 19.8. The number of halogens is 2. The molecule has 0 aliphatic rings. The van der Waals surface area contributed by atoms with Crippen LogP contribution in [0.1, 0.15) is 21.7 Å². The van der Waals surface area contributed by atoms with Gasteiger partial charge in [0.05, 0.1) is 27.5 Å². The van der Waals surface area contributed by atoms with Crippen LogP contribution in [0, 0.1) is 19.7 Å². The maximum Gasteiger partial charge on any atom is 0.261 e. The number of aryl methyl sites for hydroxylation is 1. The Morgan fingerprint density at radius 2 is 1.65 bits per heavy atom. The second-order valence-corrected chi connectivity index (χ2v) is 9.65. The Bertz CT molecular complexity index is 1470. The summed E-state index contributed by atoms with van der Waals surface area (Å²) in [5, 5.41) is 7.62. The van der Waals surface area contributed by atoms with Crippen LogP contribution >= 0.6 is 11.6 Å². The van der Waals surface area contributed by atoms with Gasteiger partial charge in [-0.15, -0.1) is 0 Å². The van der Waals surface area contributed by atoms with Gasteiger partial charge in [0.25, 0.3) is 15.9 Å². The molecule has 0 spiro atoms. The van der Waals surface area contributed by atoms with Crippen LogP contribution in [0.5, 0.6) is 0 Å². The Balaban J connectivity index is 1.57. The lowest BCUT2D eigenvalue weighted by atomic mass is 10.1. The predicted molar refractivity (Wildman–Crippen MR) is 130 cm³/mol. The Hall–Kier alpha value is -3.69. The van der Waals surface area contributed by atoms with Crippen LogP contribution in [0.15, 0.2) is 77.7 Å². The molecule has 0 atom stereocenters. The first-order valence-electron chi connectivity index (χ1n) is 10.2. The fourth-order valence-electron chi connectivity index (χ4n) is 3.47. The van der Waals surface area contributed by atoms with Crippen molar-refractivity contribution in [2.45, 2.75) is 18.7 Å². The molecule has 0 radical (unpaired) electrons. The van der Waals surface area contributed by atoms with E-state index in [9.17, 15) is 17.6 Å². The van der Waals surface area contributed by atoms with Crippen molar-refractivity contribution in [2.24, 2.45) is 0 Å². The third-order valence-corrected chi connectivity index (χ3v) is 6.72. The van der Waals surface area contributed by atoms with Gasteiger partial charge in [-0.2, -0.15) is 5.10 Å². The van der Waals surface area contributed by atoms with Gasteiger partial charge in [-0.05, 0) is 80.6 Å². The van der Waals surface area contributed by atoms with E-state index < -0.39 is 15.9 Å². The summed E-state index contributed by atoms with van der Waals surface area (Å²) in [4.78, 5) is 13.0. The van der Waals surface area contributed by atoms with Gasteiger partial charge in [0.2, 0.25) is 0 Å². The summed E-state index contributed by atoms with van der Waals surface area (Å²) < 4.78 is 42.9. The predicted octanol–water partition coefficient (Wildman–Crippen LogP) is 5.33. The Morgan fingerprint density at radius 1 is 0.971 bits per heavy atom. The minimum Gasteiger partial charge on any atom is -0.322 e. The van der Waals surface area contributed by atoms with Gasteiger partial charge in [-0.25, -0.2) is 17.5 Å². The minimum atomic E-state index is -3.89. The maximum atomic E-state index is 13.3. The molecule has 4 aromatic rings. The number of anilines is 2. The average Bonchev–Trinajstić information content (AvgIpc) is 3.10. The van der Waals surface area contributed by atoms with Crippen LogP contribution < -0.4 is 10.0 Å². The molecule has 0 saturated carbocycles. The lowest BCUT2D eigenvalue weighted by molar-refractivity contribution is 0.102. The van der Waals surface area contributed by atoms with Gasteiger partial charge < -0.3 is 5.32 Å². The summed E-state index contributed by atoms with van der Waals surface area (Å²) in [5.74, 6) is -0.813. The summed E-state index contributed by atoms with van der Waals surface area (Å²) in [6.45, 7) is 3.42. The number of sulfonamides is 1. The molecule has 0 bridgehead atoms. The molecule has 0 aliphatic carbocycles. The second kappa shape index (κ2) is 9.28. The molecule has 2 N–H and O–H groups in total. The van der Waals surface area contributed by atoms with Gasteiger partial charge in [0.1, 0.15) is 5.82 Å². The molecule has 1 aromatic heterocycles. The zero-order chi connectivity index (χ0) is 24.5. The van der Waals surface area contributed by atoms with Crippen molar-refractivity contribution >= 4 is 38.9 Å². The second-order valence-electron chi connectivity index (χ2n) is 7.53. The fourth-order valence-corrected chi connectivity index (χ4v) is 4.70. The lowest BCUT2D eigenvalue weighted by Gasteiger charge is -2.11. The minimum absolute atomic E-state index is 0.0179. The third-order valence-electron chi connectivity index (χ3n) is 5.09. The first-order chi connectivity index (χ1) is 16.1. The number of carbonyl (C=O) groups excluding carboxylic acids is 1. The van der Waals surface area contributed by atoms with E-state index in [4.69, 9.17) is 11.6 Å². The van der Waals surface area contributed by atoms with Crippen LogP contribution in [-0.2, 0) is 10.0 Å². The number of nitrogens with one attached hydrogen (secondary N) is 2. The van der Waals surface area contributed by atoms with Crippen molar-refractivity contribution in [2.75, 3.05) is 10.0 Å². The van der Waals surface area contributed by atoms with Gasteiger partial charge >= 0.3 is 0 Å².